The molecular formula is C19H28BrN5O2. The Morgan fingerprint density at radius 2 is 1.89 bits per heavy atom. The van der Waals surface area contributed by atoms with E-state index in [2.05, 4.69) is 36.9 Å². The Labute approximate surface area is 169 Å². The monoisotopic (exact) mass is 437 g/mol. The first-order valence-electron chi connectivity index (χ1n) is 9.44. The smallest absolute Gasteiger partial charge is 0.251 e. The zero-order chi connectivity index (χ0) is 19.5. The molecule has 1 aliphatic heterocycles. The van der Waals surface area contributed by atoms with E-state index in [0.717, 1.165) is 43.4 Å². The highest BCUT2D eigenvalue weighted by Crippen LogP contribution is 2.11. The van der Waals surface area contributed by atoms with Crippen LogP contribution in [0.5, 0.6) is 0 Å². The fraction of sp³-hybridized carbons (Fsp3) is 0.526. The van der Waals surface area contributed by atoms with Crippen molar-refractivity contribution in [2.75, 3.05) is 39.3 Å². The average molecular weight is 438 g/mol. The fourth-order valence-electron chi connectivity index (χ4n) is 2.78. The summed E-state index contributed by atoms with van der Waals surface area (Å²) in [7, 11) is 0. The van der Waals surface area contributed by atoms with E-state index in [1.54, 1.807) is 12.1 Å². The van der Waals surface area contributed by atoms with Gasteiger partial charge in [0.15, 0.2) is 5.96 Å². The number of carbonyl (C=O) groups excluding carboxylic acids is 2. The molecule has 0 unspecified atom stereocenters. The number of nitrogens with one attached hydrogen (secondary N) is 3. The lowest BCUT2D eigenvalue weighted by Crippen LogP contribution is -2.40. The number of likely N-dealkylation sites (tertiary alicyclic amines) is 1. The van der Waals surface area contributed by atoms with Gasteiger partial charge < -0.3 is 20.9 Å². The predicted octanol–water partition coefficient (Wildman–Crippen LogP) is 1.75. The second kappa shape index (κ2) is 11.6. The minimum Gasteiger partial charge on any atom is -0.357 e. The molecule has 0 saturated carbocycles. The van der Waals surface area contributed by atoms with Gasteiger partial charge in [-0.2, -0.15) is 0 Å². The van der Waals surface area contributed by atoms with Crippen LogP contribution in [0.4, 0.5) is 0 Å². The highest BCUT2D eigenvalue weighted by atomic mass is 79.9. The van der Waals surface area contributed by atoms with Crippen LogP contribution in [-0.2, 0) is 4.79 Å². The number of aliphatic imine (C=N–C) groups is 1. The van der Waals surface area contributed by atoms with Crippen LogP contribution in [0.1, 0.15) is 36.5 Å². The second-order valence-corrected chi connectivity index (χ2v) is 7.25. The molecule has 0 atom stereocenters. The molecule has 1 saturated heterocycles. The summed E-state index contributed by atoms with van der Waals surface area (Å²) in [5, 5.41) is 9.23. The van der Waals surface area contributed by atoms with Crippen molar-refractivity contribution in [3.8, 4) is 0 Å². The van der Waals surface area contributed by atoms with E-state index in [9.17, 15) is 9.59 Å². The zero-order valence-corrected chi connectivity index (χ0v) is 17.3. The summed E-state index contributed by atoms with van der Waals surface area (Å²) >= 11 is 3.36. The topological polar surface area (TPSA) is 85.8 Å². The molecule has 0 spiro atoms. The van der Waals surface area contributed by atoms with Crippen molar-refractivity contribution in [3.05, 3.63) is 34.3 Å². The minimum absolute atomic E-state index is 0.0750. The maximum Gasteiger partial charge on any atom is 0.251 e. The van der Waals surface area contributed by atoms with Crippen LogP contribution in [0.25, 0.3) is 0 Å². The quantitative estimate of drug-likeness (QED) is 0.328. The van der Waals surface area contributed by atoms with Crippen LogP contribution in [0, 0.1) is 0 Å². The number of amides is 2. The maximum atomic E-state index is 12.1. The van der Waals surface area contributed by atoms with Gasteiger partial charge in [-0.05, 0) is 44.4 Å². The van der Waals surface area contributed by atoms with E-state index in [-0.39, 0.29) is 18.4 Å². The first-order valence-corrected chi connectivity index (χ1v) is 10.2. The van der Waals surface area contributed by atoms with E-state index in [1.165, 1.54) is 0 Å². The fourth-order valence-corrected chi connectivity index (χ4v) is 3.18. The Hall–Kier alpha value is -2.09. The first-order chi connectivity index (χ1) is 13.1. The molecule has 0 radical (unpaired) electrons. The molecule has 27 heavy (non-hydrogen) atoms. The summed E-state index contributed by atoms with van der Waals surface area (Å²) in [5.41, 5.74) is 0.632. The molecule has 1 aromatic carbocycles. The van der Waals surface area contributed by atoms with Gasteiger partial charge in [-0.3, -0.25) is 9.59 Å². The molecule has 1 aromatic rings. The van der Waals surface area contributed by atoms with Gasteiger partial charge in [-0.15, -0.1) is 0 Å². The van der Waals surface area contributed by atoms with Gasteiger partial charge in [0.1, 0.15) is 6.54 Å². The Kier molecular flexibility index (Phi) is 9.10. The summed E-state index contributed by atoms with van der Waals surface area (Å²) in [6.45, 7) is 5.77. The SMILES string of the molecule is CCNC(=NCC(=O)N1CCCC1)NCCCNC(=O)c1cccc(Br)c1. The molecule has 7 nitrogen and oxygen atoms in total. The van der Waals surface area contributed by atoms with Crippen molar-refractivity contribution in [3.63, 3.8) is 0 Å². The molecular weight excluding hydrogens is 410 g/mol. The highest BCUT2D eigenvalue weighted by molar-refractivity contribution is 9.10. The van der Waals surface area contributed by atoms with Crippen molar-refractivity contribution in [2.45, 2.75) is 26.2 Å². The number of carbonyl (C=O) groups is 2. The predicted molar refractivity (Wildman–Crippen MR) is 111 cm³/mol. The summed E-state index contributed by atoms with van der Waals surface area (Å²) < 4.78 is 0.881. The number of rotatable bonds is 8. The van der Waals surface area contributed by atoms with Gasteiger partial charge in [-0.25, -0.2) is 4.99 Å². The molecule has 148 valence electrons. The highest BCUT2D eigenvalue weighted by Gasteiger charge is 2.17. The summed E-state index contributed by atoms with van der Waals surface area (Å²) in [5.74, 6) is 0.613. The van der Waals surface area contributed by atoms with Gasteiger partial charge in [0.25, 0.3) is 5.91 Å². The Morgan fingerprint density at radius 1 is 1.15 bits per heavy atom. The van der Waals surface area contributed by atoms with Crippen LogP contribution >= 0.6 is 15.9 Å². The number of guanidine groups is 1. The van der Waals surface area contributed by atoms with E-state index in [0.29, 0.717) is 24.6 Å². The van der Waals surface area contributed by atoms with Gasteiger partial charge in [0.05, 0.1) is 0 Å². The number of halogens is 1. The van der Waals surface area contributed by atoms with Crippen molar-refractivity contribution < 1.29 is 9.59 Å². The lowest BCUT2D eigenvalue weighted by Gasteiger charge is -2.15. The molecule has 0 bridgehead atoms. The maximum absolute atomic E-state index is 12.1. The third-order valence-corrected chi connectivity index (χ3v) is 4.69. The largest absolute Gasteiger partial charge is 0.357 e. The molecule has 2 amide bonds. The van der Waals surface area contributed by atoms with E-state index in [4.69, 9.17) is 0 Å². The van der Waals surface area contributed by atoms with Crippen molar-refractivity contribution in [1.82, 2.24) is 20.9 Å². The van der Waals surface area contributed by atoms with E-state index in [1.807, 2.05) is 24.0 Å². The molecule has 3 N–H and O–H groups in total. The summed E-state index contributed by atoms with van der Waals surface area (Å²) in [6.07, 6.45) is 2.92. The molecule has 1 heterocycles. The Balaban J connectivity index is 1.68. The Morgan fingerprint density at radius 3 is 2.59 bits per heavy atom. The average Bonchev–Trinajstić information content (AvgIpc) is 3.20. The van der Waals surface area contributed by atoms with Crippen molar-refractivity contribution in [1.29, 1.82) is 0 Å². The zero-order valence-electron chi connectivity index (χ0n) is 15.8. The molecule has 0 aliphatic carbocycles. The number of benzene rings is 1. The van der Waals surface area contributed by atoms with Crippen LogP contribution < -0.4 is 16.0 Å². The van der Waals surface area contributed by atoms with Crippen LogP contribution in [0.2, 0.25) is 0 Å². The van der Waals surface area contributed by atoms with Gasteiger partial charge in [-0.1, -0.05) is 22.0 Å². The lowest BCUT2D eigenvalue weighted by atomic mass is 10.2. The summed E-state index contributed by atoms with van der Waals surface area (Å²) in [4.78, 5) is 30.4. The van der Waals surface area contributed by atoms with Gasteiger partial charge in [0, 0.05) is 42.8 Å². The van der Waals surface area contributed by atoms with Gasteiger partial charge in [0.2, 0.25) is 5.91 Å². The molecule has 8 heteroatoms. The van der Waals surface area contributed by atoms with Crippen LogP contribution in [0.3, 0.4) is 0 Å². The Bertz CT molecular complexity index is 659. The van der Waals surface area contributed by atoms with Crippen LogP contribution in [0.15, 0.2) is 33.7 Å². The van der Waals surface area contributed by atoms with E-state index < -0.39 is 0 Å². The second-order valence-electron chi connectivity index (χ2n) is 6.33. The van der Waals surface area contributed by atoms with E-state index >= 15 is 0 Å². The molecule has 0 aromatic heterocycles. The third-order valence-electron chi connectivity index (χ3n) is 4.19. The number of hydrogen-bond acceptors (Lipinski definition) is 3. The number of nitrogens with zero attached hydrogens (tertiary/aromatic N) is 2. The normalized spacial score (nSPS) is 14.1. The summed E-state index contributed by atoms with van der Waals surface area (Å²) in [6, 6.07) is 7.30. The van der Waals surface area contributed by atoms with Crippen molar-refractivity contribution in [2.24, 2.45) is 4.99 Å². The van der Waals surface area contributed by atoms with Crippen molar-refractivity contribution >= 4 is 33.7 Å². The number of hydrogen-bond donors (Lipinski definition) is 3. The van der Waals surface area contributed by atoms with Gasteiger partial charge >= 0.3 is 0 Å². The molecule has 2 rings (SSSR count). The standard InChI is InChI=1S/C19H28BrN5O2/c1-2-21-19(24-14-17(26)25-11-3-4-12-25)23-10-6-9-22-18(27)15-7-5-8-16(20)13-15/h5,7-8,13H,2-4,6,9-12,14H2,1H3,(H,22,27)(H2,21,23,24). The minimum atomic E-state index is -0.0897. The lowest BCUT2D eigenvalue weighted by molar-refractivity contribution is -0.128. The third kappa shape index (κ3) is 7.58. The van der Waals surface area contributed by atoms with Crippen LogP contribution in [-0.4, -0.2) is 61.9 Å². The molecule has 1 fully saturated rings. The first kappa shape index (κ1) is 21.2. The molecule has 1 aliphatic rings.